The molecule has 0 bridgehead atoms. The van der Waals surface area contributed by atoms with Crippen LogP contribution in [0, 0.1) is 0 Å². The van der Waals surface area contributed by atoms with Crippen LogP contribution in [0.25, 0.3) is 0 Å². The van der Waals surface area contributed by atoms with E-state index in [9.17, 15) is 0 Å². The minimum atomic E-state index is 0.482. The van der Waals surface area contributed by atoms with Crippen LogP contribution in [0.2, 0.25) is 0 Å². The fourth-order valence-electron chi connectivity index (χ4n) is 1.74. The Kier molecular flexibility index (Phi) is 5.55. The maximum atomic E-state index is 5.83. The van der Waals surface area contributed by atoms with Gasteiger partial charge in [0.15, 0.2) is 11.5 Å². The van der Waals surface area contributed by atoms with Crippen molar-refractivity contribution in [3.63, 3.8) is 0 Å². The van der Waals surface area contributed by atoms with Crippen molar-refractivity contribution in [2.75, 3.05) is 13.2 Å². The van der Waals surface area contributed by atoms with E-state index >= 15 is 0 Å². The number of thiophene rings is 1. The van der Waals surface area contributed by atoms with E-state index in [-0.39, 0.29) is 0 Å². The van der Waals surface area contributed by atoms with E-state index in [1.165, 1.54) is 4.88 Å². The average molecular weight is 297 g/mol. The first-order valence-electron chi connectivity index (χ1n) is 6.30. The van der Waals surface area contributed by atoms with Crippen molar-refractivity contribution < 1.29 is 9.47 Å². The number of rotatable bonds is 7. The highest BCUT2D eigenvalue weighted by Gasteiger charge is 2.06. The summed E-state index contributed by atoms with van der Waals surface area (Å²) >= 11 is 7.58. The molecule has 0 saturated heterocycles. The number of benzene rings is 1. The molecule has 0 aliphatic carbocycles. The highest BCUT2D eigenvalue weighted by atomic mass is 35.5. The Morgan fingerprint density at radius 2 is 2.05 bits per heavy atom. The molecule has 0 radical (unpaired) electrons. The number of alkyl halides is 1. The van der Waals surface area contributed by atoms with Gasteiger partial charge in [0.1, 0.15) is 0 Å². The van der Waals surface area contributed by atoms with Crippen molar-refractivity contribution in [2.24, 2.45) is 0 Å². The van der Waals surface area contributed by atoms with Gasteiger partial charge in [-0.25, -0.2) is 0 Å². The molecule has 1 aromatic heterocycles. The molecular formula is C15H17ClO2S. The lowest BCUT2D eigenvalue weighted by molar-refractivity contribution is 0.279. The lowest BCUT2D eigenvalue weighted by Gasteiger charge is -2.12. The molecule has 2 rings (SSSR count). The summed E-state index contributed by atoms with van der Waals surface area (Å²) in [6.07, 6.45) is 0.917. The monoisotopic (exact) mass is 296 g/mol. The van der Waals surface area contributed by atoms with Gasteiger partial charge in [0.2, 0.25) is 0 Å². The molecule has 0 aliphatic heterocycles. The lowest BCUT2D eigenvalue weighted by Crippen LogP contribution is -2.03. The number of hydrogen-bond acceptors (Lipinski definition) is 3. The number of ether oxygens (including phenoxy) is 2. The minimum absolute atomic E-state index is 0.482. The Balaban J connectivity index is 1.98. The van der Waals surface area contributed by atoms with Gasteiger partial charge in [-0.3, -0.25) is 0 Å². The standard InChI is InChI=1S/C15H17ClO2S/c1-2-17-15-10-12(11-16)5-6-14(15)18-8-7-13-4-3-9-19-13/h3-6,9-10H,2,7-8,11H2,1H3. The molecule has 0 spiro atoms. The quantitative estimate of drug-likeness (QED) is 0.700. The Morgan fingerprint density at radius 1 is 1.16 bits per heavy atom. The maximum Gasteiger partial charge on any atom is 0.161 e. The Bertz CT molecular complexity index is 497. The summed E-state index contributed by atoms with van der Waals surface area (Å²) in [5.74, 6) is 2.04. The minimum Gasteiger partial charge on any atom is -0.490 e. The molecule has 102 valence electrons. The Hall–Kier alpha value is -1.19. The summed E-state index contributed by atoms with van der Waals surface area (Å²) in [6.45, 7) is 3.23. The van der Waals surface area contributed by atoms with Crippen molar-refractivity contribution in [1.82, 2.24) is 0 Å². The van der Waals surface area contributed by atoms with Gasteiger partial charge in [-0.1, -0.05) is 12.1 Å². The van der Waals surface area contributed by atoms with Crippen LogP contribution in [0.15, 0.2) is 35.7 Å². The zero-order chi connectivity index (χ0) is 13.5. The molecule has 1 aromatic carbocycles. The zero-order valence-electron chi connectivity index (χ0n) is 10.9. The van der Waals surface area contributed by atoms with Crippen LogP contribution in [0.1, 0.15) is 17.4 Å². The molecule has 0 N–H and O–H groups in total. The van der Waals surface area contributed by atoms with Gasteiger partial charge < -0.3 is 9.47 Å². The zero-order valence-corrected chi connectivity index (χ0v) is 12.5. The lowest BCUT2D eigenvalue weighted by atomic mass is 10.2. The Labute approximate surface area is 122 Å². The van der Waals surface area contributed by atoms with E-state index in [1.54, 1.807) is 11.3 Å². The van der Waals surface area contributed by atoms with E-state index in [1.807, 2.05) is 25.1 Å². The SMILES string of the molecule is CCOc1cc(CCl)ccc1OCCc1cccs1. The van der Waals surface area contributed by atoms with Crippen molar-refractivity contribution in [3.05, 3.63) is 46.2 Å². The molecule has 2 aromatic rings. The fourth-order valence-corrected chi connectivity index (χ4v) is 2.60. The third-order valence-corrected chi connectivity index (χ3v) is 3.89. The molecule has 0 saturated carbocycles. The molecule has 0 atom stereocenters. The van der Waals surface area contributed by atoms with Gasteiger partial charge in [0, 0.05) is 17.2 Å². The van der Waals surface area contributed by atoms with E-state index in [2.05, 4.69) is 17.5 Å². The van der Waals surface area contributed by atoms with Gasteiger partial charge in [-0.2, -0.15) is 0 Å². The largest absolute Gasteiger partial charge is 0.490 e. The van der Waals surface area contributed by atoms with E-state index in [0.29, 0.717) is 19.1 Å². The van der Waals surface area contributed by atoms with E-state index < -0.39 is 0 Å². The fraction of sp³-hybridized carbons (Fsp3) is 0.333. The molecule has 0 unspecified atom stereocenters. The summed E-state index contributed by atoms with van der Waals surface area (Å²) in [5.41, 5.74) is 1.04. The summed E-state index contributed by atoms with van der Waals surface area (Å²) in [7, 11) is 0. The normalized spacial score (nSPS) is 10.4. The summed E-state index contributed by atoms with van der Waals surface area (Å²) in [5, 5.41) is 2.08. The van der Waals surface area contributed by atoms with Gasteiger partial charge in [-0.15, -0.1) is 22.9 Å². The van der Waals surface area contributed by atoms with E-state index in [0.717, 1.165) is 23.5 Å². The van der Waals surface area contributed by atoms with Crippen molar-refractivity contribution in [1.29, 1.82) is 0 Å². The topological polar surface area (TPSA) is 18.5 Å². The number of halogens is 1. The van der Waals surface area contributed by atoms with Crippen molar-refractivity contribution in [3.8, 4) is 11.5 Å². The van der Waals surface area contributed by atoms with Crippen LogP contribution < -0.4 is 9.47 Å². The highest BCUT2D eigenvalue weighted by Crippen LogP contribution is 2.29. The molecular weight excluding hydrogens is 280 g/mol. The molecule has 2 nitrogen and oxygen atoms in total. The average Bonchev–Trinajstić information content (AvgIpc) is 2.94. The summed E-state index contributed by atoms with van der Waals surface area (Å²) in [4.78, 5) is 1.33. The second-order valence-electron chi connectivity index (χ2n) is 4.03. The first-order chi connectivity index (χ1) is 9.33. The Morgan fingerprint density at radius 3 is 2.74 bits per heavy atom. The van der Waals surface area contributed by atoms with Crippen LogP contribution in [0.5, 0.6) is 11.5 Å². The third-order valence-electron chi connectivity index (χ3n) is 2.65. The van der Waals surface area contributed by atoms with Crippen LogP contribution in [0.4, 0.5) is 0 Å². The number of hydrogen-bond donors (Lipinski definition) is 0. The van der Waals surface area contributed by atoms with E-state index in [4.69, 9.17) is 21.1 Å². The molecule has 0 aliphatic rings. The van der Waals surface area contributed by atoms with Crippen LogP contribution >= 0.6 is 22.9 Å². The predicted molar refractivity (Wildman–Crippen MR) is 80.7 cm³/mol. The molecule has 19 heavy (non-hydrogen) atoms. The highest BCUT2D eigenvalue weighted by molar-refractivity contribution is 7.09. The second-order valence-corrected chi connectivity index (χ2v) is 5.33. The van der Waals surface area contributed by atoms with Crippen LogP contribution in [0.3, 0.4) is 0 Å². The van der Waals surface area contributed by atoms with Gasteiger partial charge in [-0.05, 0) is 36.1 Å². The molecule has 4 heteroatoms. The van der Waals surface area contributed by atoms with Gasteiger partial charge in [0.25, 0.3) is 0 Å². The van der Waals surface area contributed by atoms with Gasteiger partial charge in [0.05, 0.1) is 13.2 Å². The van der Waals surface area contributed by atoms with Crippen LogP contribution in [-0.4, -0.2) is 13.2 Å². The van der Waals surface area contributed by atoms with Crippen molar-refractivity contribution in [2.45, 2.75) is 19.2 Å². The van der Waals surface area contributed by atoms with Crippen LogP contribution in [-0.2, 0) is 12.3 Å². The summed E-state index contributed by atoms with van der Waals surface area (Å²) < 4.78 is 11.4. The first kappa shape index (κ1) is 14.2. The molecule has 1 heterocycles. The second kappa shape index (κ2) is 7.41. The predicted octanol–water partition coefficient (Wildman–Crippen LogP) is 4.51. The first-order valence-corrected chi connectivity index (χ1v) is 7.71. The maximum absolute atomic E-state index is 5.83. The molecule has 0 fully saturated rings. The summed E-state index contributed by atoms with van der Waals surface area (Å²) in [6, 6.07) is 10.0. The molecule has 0 amide bonds. The van der Waals surface area contributed by atoms with Gasteiger partial charge >= 0.3 is 0 Å². The third kappa shape index (κ3) is 4.15. The smallest absolute Gasteiger partial charge is 0.161 e. The van der Waals surface area contributed by atoms with Crippen molar-refractivity contribution >= 4 is 22.9 Å².